The minimum atomic E-state index is -0.0723. The number of rotatable bonds is 2. The van der Waals surface area contributed by atoms with Crippen molar-refractivity contribution >= 4 is 11.6 Å². The Kier molecular flexibility index (Phi) is 6.74. The number of halogens is 1. The quantitative estimate of drug-likeness (QED) is 0.863. The van der Waals surface area contributed by atoms with Gasteiger partial charge in [-0.2, -0.15) is 0 Å². The van der Waals surface area contributed by atoms with E-state index in [-0.39, 0.29) is 6.04 Å². The highest BCUT2D eigenvalue weighted by atomic mass is 35.5. The molecule has 4 heteroatoms. The van der Waals surface area contributed by atoms with E-state index in [9.17, 15) is 0 Å². The van der Waals surface area contributed by atoms with Crippen molar-refractivity contribution in [3.05, 3.63) is 23.2 Å². The van der Waals surface area contributed by atoms with Crippen LogP contribution < -0.4 is 5.73 Å². The molecule has 1 aromatic rings. The predicted octanol–water partition coefficient (Wildman–Crippen LogP) is 4.66. The molecule has 2 rings (SSSR count). The SMILES string of the molecule is NC(c1nccnc1Cl)C1CCCCCCCCCC1. The molecule has 20 heavy (non-hydrogen) atoms. The van der Waals surface area contributed by atoms with Gasteiger partial charge in [-0.15, -0.1) is 0 Å². The summed E-state index contributed by atoms with van der Waals surface area (Å²) in [5, 5.41) is 0.467. The largest absolute Gasteiger partial charge is 0.322 e. The van der Waals surface area contributed by atoms with Crippen LogP contribution in [0.25, 0.3) is 0 Å². The van der Waals surface area contributed by atoms with Gasteiger partial charge in [0, 0.05) is 12.4 Å². The van der Waals surface area contributed by atoms with Gasteiger partial charge in [-0.05, 0) is 18.8 Å². The number of hydrogen-bond donors (Lipinski definition) is 1. The maximum atomic E-state index is 6.43. The molecule has 1 atom stereocenters. The smallest absolute Gasteiger partial charge is 0.152 e. The van der Waals surface area contributed by atoms with Crippen LogP contribution in [0, 0.1) is 5.92 Å². The van der Waals surface area contributed by atoms with Gasteiger partial charge in [0.1, 0.15) is 0 Å². The molecule has 1 saturated carbocycles. The first-order chi connectivity index (χ1) is 9.79. The average Bonchev–Trinajstić information content (AvgIpc) is 2.52. The molecule has 0 aromatic carbocycles. The summed E-state index contributed by atoms with van der Waals surface area (Å²) in [6.45, 7) is 0. The summed E-state index contributed by atoms with van der Waals surface area (Å²) in [5.41, 5.74) is 7.21. The van der Waals surface area contributed by atoms with E-state index in [0.29, 0.717) is 11.1 Å². The van der Waals surface area contributed by atoms with Crippen molar-refractivity contribution in [1.82, 2.24) is 9.97 Å². The first-order valence-electron chi connectivity index (χ1n) is 8.01. The predicted molar refractivity (Wildman–Crippen MR) is 83.6 cm³/mol. The third-order valence-corrected chi connectivity index (χ3v) is 4.69. The lowest BCUT2D eigenvalue weighted by atomic mass is 9.87. The molecule has 1 aliphatic rings. The molecular weight excluding hydrogens is 270 g/mol. The Morgan fingerprint density at radius 3 is 1.95 bits per heavy atom. The van der Waals surface area contributed by atoms with Gasteiger partial charge in [0.15, 0.2) is 5.15 Å². The normalized spacial score (nSPS) is 21.1. The molecule has 0 aliphatic heterocycles. The van der Waals surface area contributed by atoms with Gasteiger partial charge in [0.05, 0.1) is 11.7 Å². The topological polar surface area (TPSA) is 51.8 Å². The molecule has 1 heterocycles. The highest BCUT2D eigenvalue weighted by Crippen LogP contribution is 2.31. The van der Waals surface area contributed by atoms with Crippen molar-refractivity contribution in [2.75, 3.05) is 0 Å². The van der Waals surface area contributed by atoms with Crippen LogP contribution in [0.4, 0.5) is 0 Å². The zero-order chi connectivity index (χ0) is 14.2. The fourth-order valence-corrected chi connectivity index (χ4v) is 3.39. The number of nitrogens with zero attached hydrogens (tertiary/aromatic N) is 2. The van der Waals surface area contributed by atoms with Gasteiger partial charge in [-0.1, -0.05) is 63.0 Å². The molecule has 1 aliphatic carbocycles. The molecule has 3 nitrogen and oxygen atoms in total. The third kappa shape index (κ3) is 4.71. The van der Waals surface area contributed by atoms with Gasteiger partial charge in [0.2, 0.25) is 0 Å². The van der Waals surface area contributed by atoms with Crippen LogP contribution in [-0.4, -0.2) is 9.97 Å². The summed E-state index contributed by atoms with van der Waals surface area (Å²) in [5.74, 6) is 0.488. The summed E-state index contributed by atoms with van der Waals surface area (Å²) in [6.07, 6.45) is 16.4. The second kappa shape index (κ2) is 8.58. The Morgan fingerprint density at radius 1 is 0.900 bits per heavy atom. The summed E-state index contributed by atoms with van der Waals surface area (Å²) >= 11 is 6.14. The standard InChI is InChI=1S/C16H26ClN3/c17-16-15(19-11-12-20-16)14(18)13-9-7-5-3-1-2-4-6-8-10-13/h11-14H,1-10,18H2. The molecule has 2 N–H and O–H groups in total. The molecule has 1 aromatic heterocycles. The van der Waals surface area contributed by atoms with Crippen molar-refractivity contribution in [3.63, 3.8) is 0 Å². The lowest BCUT2D eigenvalue weighted by molar-refractivity contribution is 0.346. The van der Waals surface area contributed by atoms with Gasteiger partial charge in [-0.3, -0.25) is 4.98 Å². The molecule has 0 bridgehead atoms. The average molecular weight is 296 g/mol. The van der Waals surface area contributed by atoms with E-state index in [0.717, 1.165) is 5.69 Å². The lowest BCUT2D eigenvalue weighted by Gasteiger charge is -2.23. The van der Waals surface area contributed by atoms with E-state index < -0.39 is 0 Å². The summed E-state index contributed by atoms with van der Waals surface area (Å²) < 4.78 is 0. The lowest BCUT2D eigenvalue weighted by Crippen LogP contribution is -2.23. The second-order valence-electron chi connectivity index (χ2n) is 5.92. The maximum absolute atomic E-state index is 6.43. The van der Waals surface area contributed by atoms with Gasteiger partial charge < -0.3 is 5.73 Å². The van der Waals surface area contributed by atoms with Crippen LogP contribution in [0.2, 0.25) is 5.15 Å². The number of hydrogen-bond acceptors (Lipinski definition) is 3. The van der Waals surface area contributed by atoms with E-state index in [2.05, 4.69) is 9.97 Å². The molecule has 112 valence electrons. The first-order valence-corrected chi connectivity index (χ1v) is 8.39. The highest BCUT2D eigenvalue weighted by Gasteiger charge is 2.22. The van der Waals surface area contributed by atoms with Crippen LogP contribution in [0.5, 0.6) is 0 Å². The van der Waals surface area contributed by atoms with Crippen molar-refractivity contribution in [3.8, 4) is 0 Å². The third-order valence-electron chi connectivity index (χ3n) is 4.40. The van der Waals surface area contributed by atoms with Crippen LogP contribution >= 0.6 is 11.6 Å². The van der Waals surface area contributed by atoms with Gasteiger partial charge in [0.25, 0.3) is 0 Å². The second-order valence-corrected chi connectivity index (χ2v) is 6.28. The fourth-order valence-electron chi connectivity index (χ4n) is 3.16. The van der Waals surface area contributed by atoms with E-state index in [4.69, 9.17) is 17.3 Å². The highest BCUT2D eigenvalue weighted by molar-refractivity contribution is 6.30. The minimum Gasteiger partial charge on any atom is -0.322 e. The molecule has 1 unspecified atom stereocenters. The van der Waals surface area contributed by atoms with Crippen LogP contribution in [0.1, 0.15) is 75.9 Å². The van der Waals surface area contributed by atoms with Crippen molar-refractivity contribution in [1.29, 1.82) is 0 Å². The van der Waals surface area contributed by atoms with E-state index in [1.165, 1.54) is 64.2 Å². The Balaban J connectivity index is 2.00. The van der Waals surface area contributed by atoms with Crippen molar-refractivity contribution < 1.29 is 0 Å². The molecular formula is C16H26ClN3. The van der Waals surface area contributed by atoms with E-state index in [1.807, 2.05) is 0 Å². The molecule has 0 spiro atoms. The Labute approximate surface area is 127 Å². The number of aromatic nitrogens is 2. The Morgan fingerprint density at radius 2 is 1.40 bits per heavy atom. The summed E-state index contributed by atoms with van der Waals surface area (Å²) in [6, 6.07) is -0.0723. The maximum Gasteiger partial charge on any atom is 0.152 e. The minimum absolute atomic E-state index is 0.0723. The zero-order valence-electron chi connectivity index (χ0n) is 12.2. The fraction of sp³-hybridized carbons (Fsp3) is 0.750. The van der Waals surface area contributed by atoms with Gasteiger partial charge in [-0.25, -0.2) is 4.98 Å². The molecule has 0 amide bonds. The monoisotopic (exact) mass is 295 g/mol. The molecule has 0 radical (unpaired) electrons. The summed E-state index contributed by atoms with van der Waals surface area (Å²) in [4.78, 5) is 8.46. The van der Waals surface area contributed by atoms with Crippen molar-refractivity contribution in [2.24, 2.45) is 11.7 Å². The van der Waals surface area contributed by atoms with Crippen LogP contribution in [0.15, 0.2) is 12.4 Å². The molecule has 1 fully saturated rings. The zero-order valence-corrected chi connectivity index (χ0v) is 13.0. The first kappa shape index (κ1) is 15.7. The van der Waals surface area contributed by atoms with E-state index in [1.54, 1.807) is 12.4 Å². The molecule has 0 saturated heterocycles. The Hall–Kier alpha value is -0.670. The van der Waals surface area contributed by atoms with Crippen LogP contribution in [0.3, 0.4) is 0 Å². The van der Waals surface area contributed by atoms with Crippen LogP contribution in [-0.2, 0) is 0 Å². The van der Waals surface area contributed by atoms with Crippen molar-refractivity contribution in [2.45, 2.75) is 70.3 Å². The van der Waals surface area contributed by atoms with Gasteiger partial charge >= 0.3 is 0 Å². The van der Waals surface area contributed by atoms with E-state index >= 15 is 0 Å². The summed E-state index contributed by atoms with van der Waals surface area (Å²) in [7, 11) is 0. The Bertz CT molecular complexity index is 385. The number of nitrogens with two attached hydrogens (primary N) is 1.